The topological polar surface area (TPSA) is 21.3 Å². The zero-order chi connectivity index (χ0) is 13.8. The van der Waals surface area contributed by atoms with E-state index in [2.05, 4.69) is 65.1 Å². The molecule has 0 spiro atoms. The highest BCUT2D eigenvalue weighted by Gasteiger charge is 2.15. The molecule has 0 aliphatic carbocycles. The van der Waals surface area contributed by atoms with Crippen molar-refractivity contribution in [3.63, 3.8) is 0 Å². The Bertz CT molecular complexity index is 379. The van der Waals surface area contributed by atoms with E-state index in [1.54, 1.807) is 0 Å². The third-order valence-corrected chi connectivity index (χ3v) is 3.05. The number of benzene rings is 1. The van der Waals surface area contributed by atoms with Crippen LogP contribution >= 0.6 is 0 Å². The van der Waals surface area contributed by atoms with Gasteiger partial charge in [-0.3, -0.25) is 0 Å². The van der Waals surface area contributed by atoms with Crippen LogP contribution in [0.4, 0.5) is 0 Å². The van der Waals surface area contributed by atoms with Gasteiger partial charge < -0.3 is 10.1 Å². The van der Waals surface area contributed by atoms with E-state index in [-0.39, 0.29) is 11.5 Å². The van der Waals surface area contributed by atoms with Gasteiger partial charge in [0.05, 0.1) is 0 Å². The molecule has 1 rings (SSSR count). The van der Waals surface area contributed by atoms with E-state index < -0.39 is 0 Å². The Morgan fingerprint density at radius 1 is 1.28 bits per heavy atom. The minimum absolute atomic E-state index is 0.193. The molecular weight excluding hydrogens is 222 g/mol. The lowest BCUT2D eigenvalue weighted by Crippen LogP contribution is -2.28. The minimum Gasteiger partial charge on any atom is -0.489 e. The van der Waals surface area contributed by atoms with Crippen molar-refractivity contribution in [2.45, 2.75) is 53.1 Å². The molecule has 102 valence electrons. The largest absolute Gasteiger partial charge is 0.489 e. The van der Waals surface area contributed by atoms with E-state index in [4.69, 9.17) is 4.74 Å². The fraction of sp³-hybridized carbons (Fsp3) is 0.625. The summed E-state index contributed by atoms with van der Waals surface area (Å²) in [6.07, 6.45) is 0.198. The van der Waals surface area contributed by atoms with Crippen LogP contribution in [0.25, 0.3) is 0 Å². The molecule has 0 aromatic heterocycles. The summed E-state index contributed by atoms with van der Waals surface area (Å²) in [6, 6.07) is 6.50. The lowest BCUT2D eigenvalue weighted by Gasteiger charge is -2.22. The lowest BCUT2D eigenvalue weighted by atomic mass is 9.86. The number of nitrogens with one attached hydrogen (secondary N) is 1. The van der Waals surface area contributed by atoms with Crippen LogP contribution in [0.2, 0.25) is 0 Å². The molecule has 2 nitrogen and oxygen atoms in total. The molecule has 0 amide bonds. The number of aryl methyl sites for hydroxylation is 1. The first-order chi connectivity index (χ1) is 8.34. The molecule has 1 N–H and O–H groups in total. The van der Waals surface area contributed by atoms with Gasteiger partial charge in [-0.25, -0.2) is 0 Å². The third-order valence-electron chi connectivity index (χ3n) is 3.05. The van der Waals surface area contributed by atoms with Crippen LogP contribution in [0.15, 0.2) is 18.2 Å². The Morgan fingerprint density at radius 2 is 1.94 bits per heavy atom. The average molecular weight is 249 g/mol. The molecule has 1 unspecified atom stereocenters. The molecule has 18 heavy (non-hydrogen) atoms. The number of rotatable bonds is 5. The Labute approximate surface area is 112 Å². The van der Waals surface area contributed by atoms with Gasteiger partial charge in [0.2, 0.25) is 0 Å². The SMILES string of the molecule is CCNCC(C)Oc1ccc(C(C)(C)C)cc1C. The Hall–Kier alpha value is -1.02. The first kappa shape index (κ1) is 15.0. The third kappa shape index (κ3) is 4.34. The number of ether oxygens (including phenoxy) is 1. The van der Waals surface area contributed by atoms with Crippen LogP contribution in [-0.2, 0) is 5.41 Å². The predicted molar refractivity (Wildman–Crippen MR) is 78.5 cm³/mol. The van der Waals surface area contributed by atoms with E-state index in [0.29, 0.717) is 0 Å². The molecule has 1 atom stereocenters. The first-order valence-corrected chi connectivity index (χ1v) is 6.83. The predicted octanol–water partition coefficient (Wildman–Crippen LogP) is 3.67. The van der Waals surface area contributed by atoms with Gasteiger partial charge in [-0.05, 0) is 43.0 Å². The summed E-state index contributed by atoms with van der Waals surface area (Å²) < 4.78 is 5.95. The molecule has 0 bridgehead atoms. The Balaban J connectivity index is 2.74. The van der Waals surface area contributed by atoms with Gasteiger partial charge in [-0.1, -0.05) is 39.8 Å². The van der Waals surface area contributed by atoms with E-state index in [0.717, 1.165) is 18.8 Å². The molecule has 0 fully saturated rings. The zero-order valence-electron chi connectivity index (χ0n) is 12.6. The van der Waals surface area contributed by atoms with Crippen LogP contribution in [0, 0.1) is 6.92 Å². The maximum Gasteiger partial charge on any atom is 0.122 e. The smallest absolute Gasteiger partial charge is 0.122 e. The normalized spacial score (nSPS) is 13.4. The summed E-state index contributed by atoms with van der Waals surface area (Å²) in [5.41, 5.74) is 2.76. The standard InChI is InChI=1S/C16H27NO/c1-7-17-11-13(3)18-15-9-8-14(10-12(15)2)16(4,5)6/h8-10,13,17H,7,11H2,1-6H3. The molecule has 0 heterocycles. The summed E-state index contributed by atoms with van der Waals surface area (Å²) in [5.74, 6) is 0.994. The maximum absolute atomic E-state index is 5.95. The van der Waals surface area contributed by atoms with Gasteiger partial charge in [0.25, 0.3) is 0 Å². The van der Waals surface area contributed by atoms with Crippen molar-refractivity contribution in [3.05, 3.63) is 29.3 Å². The van der Waals surface area contributed by atoms with E-state index in [1.165, 1.54) is 11.1 Å². The van der Waals surface area contributed by atoms with Crippen molar-refractivity contribution >= 4 is 0 Å². The molecule has 2 heteroatoms. The first-order valence-electron chi connectivity index (χ1n) is 6.83. The highest BCUT2D eigenvalue weighted by atomic mass is 16.5. The molecule has 1 aromatic carbocycles. The highest BCUT2D eigenvalue weighted by molar-refractivity contribution is 5.38. The second-order valence-electron chi connectivity index (χ2n) is 5.97. The molecule has 0 aliphatic rings. The van der Waals surface area contributed by atoms with Crippen molar-refractivity contribution in [2.75, 3.05) is 13.1 Å². The Morgan fingerprint density at radius 3 is 2.44 bits per heavy atom. The van der Waals surface area contributed by atoms with Crippen LogP contribution in [-0.4, -0.2) is 19.2 Å². The Kier molecular flexibility index (Phi) is 5.21. The van der Waals surface area contributed by atoms with Crippen LogP contribution < -0.4 is 10.1 Å². The van der Waals surface area contributed by atoms with Gasteiger partial charge in [0.15, 0.2) is 0 Å². The monoisotopic (exact) mass is 249 g/mol. The van der Waals surface area contributed by atoms with Crippen LogP contribution in [0.5, 0.6) is 5.75 Å². The van der Waals surface area contributed by atoms with Crippen molar-refractivity contribution in [3.8, 4) is 5.75 Å². The van der Waals surface area contributed by atoms with Gasteiger partial charge >= 0.3 is 0 Å². The van der Waals surface area contributed by atoms with Gasteiger partial charge in [0, 0.05) is 6.54 Å². The van der Waals surface area contributed by atoms with Gasteiger partial charge in [-0.2, -0.15) is 0 Å². The van der Waals surface area contributed by atoms with Crippen molar-refractivity contribution in [2.24, 2.45) is 0 Å². The molecule has 0 aliphatic heterocycles. The van der Waals surface area contributed by atoms with E-state index in [9.17, 15) is 0 Å². The maximum atomic E-state index is 5.95. The minimum atomic E-state index is 0.193. The van der Waals surface area contributed by atoms with Crippen molar-refractivity contribution < 1.29 is 4.74 Å². The molecule has 0 saturated carbocycles. The van der Waals surface area contributed by atoms with Crippen LogP contribution in [0.3, 0.4) is 0 Å². The zero-order valence-corrected chi connectivity index (χ0v) is 12.6. The molecule has 0 radical (unpaired) electrons. The summed E-state index contributed by atoms with van der Waals surface area (Å²) in [6.45, 7) is 14.9. The number of hydrogen-bond donors (Lipinski definition) is 1. The van der Waals surface area contributed by atoms with Gasteiger partial charge in [0.1, 0.15) is 11.9 Å². The summed E-state index contributed by atoms with van der Waals surface area (Å²) in [7, 11) is 0. The van der Waals surface area contributed by atoms with Gasteiger partial charge in [-0.15, -0.1) is 0 Å². The highest BCUT2D eigenvalue weighted by Crippen LogP contribution is 2.27. The second kappa shape index (κ2) is 6.24. The summed E-state index contributed by atoms with van der Waals surface area (Å²) in [5, 5.41) is 3.30. The number of hydrogen-bond acceptors (Lipinski definition) is 2. The average Bonchev–Trinajstić information content (AvgIpc) is 2.27. The molecule has 0 saturated heterocycles. The molecular formula is C16H27NO. The quantitative estimate of drug-likeness (QED) is 0.859. The second-order valence-corrected chi connectivity index (χ2v) is 5.97. The summed E-state index contributed by atoms with van der Waals surface area (Å²) in [4.78, 5) is 0. The lowest BCUT2D eigenvalue weighted by molar-refractivity contribution is 0.216. The van der Waals surface area contributed by atoms with Crippen molar-refractivity contribution in [1.82, 2.24) is 5.32 Å². The fourth-order valence-corrected chi connectivity index (χ4v) is 1.85. The summed E-state index contributed by atoms with van der Waals surface area (Å²) >= 11 is 0. The number of likely N-dealkylation sites (N-methyl/N-ethyl adjacent to an activating group) is 1. The van der Waals surface area contributed by atoms with Crippen molar-refractivity contribution in [1.29, 1.82) is 0 Å². The molecule has 1 aromatic rings. The van der Waals surface area contributed by atoms with Crippen LogP contribution in [0.1, 0.15) is 45.7 Å². The van der Waals surface area contributed by atoms with E-state index in [1.807, 2.05) is 0 Å². The van der Waals surface area contributed by atoms with E-state index >= 15 is 0 Å². The fourth-order valence-electron chi connectivity index (χ4n) is 1.85.